The van der Waals surface area contributed by atoms with Gasteiger partial charge in [0.25, 0.3) is 0 Å². The zero-order valence-electron chi connectivity index (χ0n) is 19.9. The highest BCUT2D eigenvalue weighted by Crippen LogP contribution is 2.46. The molecule has 16 heteroatoms. The van der Waals surface area contributed by atoms with E-state index in [0.717, 1.165) is 44.9 Å². The summed E-state index contributed by atoms with van der Waals surface area (Å²) in [5.41, 5.74) is -5.88. The highest BCUT2D eigenvalue weighted by Gasteiger charge is 2.58. The van der Waals surface area contributed by atoms with Gasteiger partial charge in [0.15, 0.2) is 5.60 Å². The van der Waals surface area contributed by atoms with Crippen molar-refractivity contribution in [2.75, 3.05) is 0 Å². The number of hydrogen-bond donors (Lipinski definition) is 1. The fourth-order valence-electron chi connectivity index (χ4n) is 4.61. The van der Waals surface area contributed by atoms with Crippen LogP contribution in [0.15, 0.2) is 54.0 Å². The second-order valence-corrected chi connectivity index (χ2v) is 9.28. The van der Waals surface area contributed by atoms with Crippen LogP contribution in [-0.4, -0.2) is 50.6 Å². The van der Waals surface area contributed by atoms with Crippen molar-refractivity contribution in [1.82, 2.24) is 39.5 Å². The molecule has 0 amide bonds. The molecule has 0 bridgehead atoms. The number of rotatable bonds is 7. The summed E-state index contributed by atoms with van der Waals surface area (Å²) < 4.78 is 89.7. The summed E-state index contributed by atoms with van der Waals surface area (Å²) >= 11 is 0. The molecule has 1 aromatic carbocycles. The zero-order chi connectivity index (χ0) is 28.0. The maximum absolute atomic E-state index is 15.9. The molecule has 0 spiro atoms. The second-order valence-electron chi connectivity index (χ2n) is 9.28. The van der Waals surface area contributed by atoms with Crippen molar-refractivity contribution < 1.29 is 31.4 Å². The number of halogens is 6. The summed E-state index contributed by atoms with van der Waals surface area (Å²) in [7, 11) is 0. The van der Waals surface area contributed by atoms with Crippen LogP contribution in [0.1, 0.15) is 43.0 Å². The Morgan fingerprint density at radius 1 is 1.08 bits per heavy atom. The van der Waals surface area contributed by atoms with Gasteiger partial charge in [-0.3, -0.25) is 4.98 Å². The van der Waals surface area contributed by atoms with Gasteiger partial charge in [0, 0.05) is 24.5 Å². The molecule has 10 nitrogen and oxygen atoms in total. The molecule has 0 aliphatic heterocycles. The lowest BCUT2D eigenvalue weighted by molar-refractivity contribution is -0.207. The SMILES string of the molecule is O=c1n(-c2ccc(C(F)(F)C(O)(Cn3cnnn3)c3ccc(F)cc3F)nc2)cnn1C1CCC(F)(F)CC1. The molecular formula is C23H20F6N8O2. The Hall–Kier alpha value is -4.08. The number of benzene rings is 1. The highest BCUT2D eigenvalue weighted by atomic mass is 19.3. The van der Waals surface area contributed by atoms with E-state index in [1.165, 1.54) is 0 Å². The molecule has 1 fully saturated rings. The van der Waals surface area contributed by atoms with Crippen molar-refractivity contribution in [3.63, 3.8) is 0 Å². The molecule has 1 N–H and O–H groups in total. The zero-order valence-corrected chi connectivity index (χ0v) is 19.9. The maximum atomic E-state index is 15.9. The van der Waals surface area contributed by atoms with Gasteiger partial charge in [0.2, 0.25) is 5.92 Å². The molecule has 1 aliphatic rings. The molecule has 1 aliphatic carbocycles. The summed E-state index contributed by atoms with van der Waals surface area (Å²) in [6.07, 6.45) is 2.29. The van der Waals surface area contributed by atoms with Crippen LogP contribution in [0.2, 0.25) is 0 Å². The molecule has 0 saturated heterocycles. The van der Waals surface area contributed by atoms with Gasteiger partial charge in [-0.1, -0.05) is 0 Å². The predicted molar refractivity (Wildman–Crippen MR) is 120 cm³/mol. The van der Waals surface area contributed by atoms with E-state index in [4.69, 9.17) is 0 Å². The second kappa shape index (κ2) is 9.59. The molecule has 3 heterocycles. The van der Waals surface area contributed by atoms with E-state index in [1.807, 2.05) is 0 Å². The van der Waals surface area contributed by atoms with Crippen molar-refractivity contribution in [2.24, 2.45) is 0 Å². The fraction of sp³-hybridized carbons (Fsp3) is 0.391. The first-order valence-corrected chi connectivity index (χ1v) is 11.7. The van der Waals surface area contributed by atoms with Crippen molar-refractivity contribution in [3.05, 3.63) is 82.6 Å². The molecular weight excluding hydrogens is 534 g/mol. The van der Waals surface area contributed by atoms with Crippen molar-refractivity contribution >= 4 is 0 Å². The van der Waals surface area contributed by atoms with E-state index in [9.17, 15) is 27.5 Å². The number of aromatic nitrogens is 8. The first-order valence-electron chi connectivity index (χ1n) is 11.7. The van der Waals surface area contributed by atoms with E-state index in [1.54, 1.807) is 0 Å². The Labute approximate surface area is 215 Å². The van der Waals surface area contributed by atoms with Crippen molar-refractivity contribution in [1.29, 1.82) is 0 Å². The Balaban J connectivity index is 1.47. The largest absolute Gasteiger partial charge is 0.377 e. The quantitative estimate of drug-likeness (QED) is 0.349. The molecule has 5 rings (SSSR count). The van der Waals surface area contributed by atoms with Crippen molar-refractivity contribution in [3.8, 4) is 5.69 Å². The minimum Gasteiger partial charge on any atom is -0.377 e. The average molecular weight is 554 g/mol. The summed E-state index contributed by atoms with van der Waals surface area (Å²) in [5, 5.41) is 25.3. The van der Waals surface area contributed by atoms with Crippen LogP contribution >= 0.6 is 0 Å². The fourth-order valence-corrected chi connectivity index (χ4v) is 4.61. The third kappa shape index (κ3) is 4.79. The molecule has 1 saturated carbocycles. The van der Waals surface area contributed by atoms with Gasteiger partial charge in [-0.05, 0) is 47.5 Å². The normalized spacial score (nSPS) is 17.7. The standard InChI is InChI=1S/C23H20F6N8O2/c24-14-1-3-17(18(25)9-14)22(39,11-35-12-31-33-34-35)23(28,29)19-4-2-16(10-30-19)36-13-32-37(20(36)38)15-5-7-21(26,27)8-6-15/h1-4,9-10,12-13,15,39H,5-8,11H2. The molecule has 3 aromatic heterocycles. The average Bonchev–Trinajstić information content (AvgIpc) is 3.53. The number of aliphatic hydroxyl groups is 1. The smallest absolute Gasteiger partial charge is 0.350 e. The van der Waals surface area contributed by atoms with Gasteiger partial charge in [-0.2, -0.15) is 13.9 Å². The molecule has 4 aromatic rings. The molecule has 1 unspecified atom stereocenters. The molecule has 1 atom stereocenters. The van der Waals surface area contributed by atoms with Gasteiger partial charge in [-0.25, -0.2) is 36.3 Å². The van der Waals surface area contributed by atoms with Crippen LogP contribution in [0.3, 0.4) is 0 Å². The van der Waals surface area contributed by atoms with Gasteiger partial charge < -0.3 is 5.11 Å². The predicted octanol–water partition coefficient (Wildman–Crippen LogP) is 3.12. The summed E-state index contributed by atoms with van der Waals surface area (Å²) in [5.74, 6) is -9.55. The monoisotopic (exact) mass is 554 g/mol. The van der Waals surface area contributed by atoms with Crippen LogP contribution in [-0.2, 0) is 18.1 Å². The molecule has 39 heavy (non-hydrogen) atoms. The van der Waals surface area contributed by atoms with Crippen LogP contribution in [0.5, 0.6) is 0 Å². The van der Waals surface area contributed by atoms with Crippen LogP contribution < -0.4 is 5.69 Å². The third-order valence-corrected chi connectivity index (χ3v) is 6.75. The number of pyridine rings is 1. The summed E-state index contributed by atoms with van der Waals surface area (Å²) in [4.78, 5) is 16.6. The number of hydrogen-bond acceptors (Lipinski definition) is 7. The van der Waals surface area contributed by atoms with Gasteiger partial charge in [0.05, 0.1) is 24.5 Å². The van der Waals surface area contributed by atoms with E-state index >= 15 is 8.78 Å². The van der Waals surface area contributed by atoms with E-state index in [2.05, 4.69) is 25.6 Å². The summed E-state index contributed by atoms with van der Waals surface area (Å²) in [6.45, 7) is -1.02. The summed E-state index contributed by atoms with van der Waals surface area (Å²) in [6, 6.07) is 3.15. The van der Waals surface area contributed by atoms with Gasteiger partial charge in [0.1, 0.15) is 30.0 Å². The van der Waals surface area contributed by atoms with Crippen LogP contribution in [0, 0.1) is 11.6 Å². The first-order chi connectivity index (χ1) is 18.4. The lowest BCUT2D eigenvalue weighted by Gasteiger charge is -2.35. The first kappa shape index (κ1) is 26.5. The van der Waals surface area contributed by atoms with E-state index in [-0.39, 0.29) is 31.4 Å². The number of nitrogens with zero attached hydrogens (tertiary/aromatic N) is 8. The maximum Gasteiger partial charge on any atom is 0.350 e. The lowest BCUT2D eigenvalue weighted by Crippen LogP contribution is -2.48. The van der Waals surface area contributed by atoms with Crippen LogP contribution in [0.25, 0.3) is 5.69 Å². The minimum atomic E-state index is -4.28. The van der Waals surface area contributed by atoms with Gasteiger partial charge >= 0.3 is 11.6 Å². The topological polar surface area (TPSA) is 117 Å². The van der Waals surface area contributed by atoms with Gasteiger partial charge in [-0.15, -0.1) is 5.10 Å². The minimum absolute atomic E-state index is 0.0314. The number of tetrazole rings is 1. The third-order valence-electron chi connectivity index (χ3n) is 6.75. The van der Waals surface area contributed by atoms with E-state index in [0.29, 0.717) is 18.2 Å². The van der Waals surface area contributed by atoms with Crippen molar-refractivity contribution in [2.45, 2.75) is 55.7 Å². The highest BCUT2D eigenvalue weighted by molar-refractivity contribution is 5.34. The Morgan fingerprint density at radius 3 is 2.44 bits per heavy atom. The van der Waals surface area contributed by atoms with Crippen LogP contribution in [0.4, 0.5) is 26.3 Å². The molecule has 0 radical (unpaired) electrons. The Bertz CT molecular complexity index is 1510. The molecule has 206 valence electrons. The lowest BCUT2D eigenvalue weighted by atomic mass is 9.84. The number of alkyl halides is 4. The Kier molecular flexibility index (Phi) is 6.52. The van der Waals surface area contributed by atoms with E-state index < -0.39 is 58.6 Å². The Morgan fingerprint density at radius 2 is 1.82 bits per heavy atom.